The second-order valence-corrected chi connectivity index (χ2v) is 11.5. The molecular formula is C24H23Cl3N2O3S2. The molecule has 5 nitrogen and oxygen atoms in total. The molecule has 0 atom stereocenters. The maximum Gasteiger partial charge on any atom is 0.263 e. The Morgan fingerprint density at radius 2 is 1.68 bits per heavy atom. The van der Waals surface area contributed by atoms with Crippen molar-refractivity contribution in [3.05, 3.63) is 91.9 Å². The second-order valence-electron chi connectivity index (χ2n) is 7.56. The van der Waals surface area contributed by atoms with E-state index in [9.17, 15) is 13.2 Å². The number of hydrogen-bond acceptors (Lipinski definition) is 4. The first kappa shape index (κ1) is 26.7. The highest BCUT2D eigenvalue weighted by Gasteiger charge is 2.21. The summed E-state index contributed by atoms with van der Waals surface area (Å²) in [6.07, 6.45) is 0. The molecule has 0 aromatic heterocycles. The molecular weight excluding hydrogens is 535 g/mol. The van der Waals surface area contributed by atoms with E-state index in [2.05, 4.69) is 10.0 Å². The van der Waals surface area contributed by atoms with Gasteiger partial charge in [0.25, 0.3) is 15.9 Å². The predicted octanol–water partition coefficient (Wildman–Crippen LogP) is 6.73. The van der Waals surface area contributed by atoms with Gasteiger partial charge < -0.3 is 5.32 Å². The summed E-state index contributed by atoms with van der Waals surface area (Å²) in [6, 6.07) is 15.0. The fraction of sp³-hybridized carbons (Fsp3) is 0.208. The molecule has 0 radical (unpaired) electrons. The van der Waals surface area contributed by atoms with Gasteiger partial charge in [-0.25, -0.2) is 8.42 Å². The number of anilines is 1. The maximum absolute atomic E-state index is 13.0. The number of sulfonamides is 1. The second kappa shape index (κ2) is 11.7. The molecule has 2 N–H and O–H groups in total. The Bertz CT molecular complexity index is 1310. The molecule has 0 saturated heterocycles. The molecule has 0 unspecified atom stereocenters. The van der Waals surface area contributed by atoms with Crippen LogP contribution < -0.4 is 10.0 Å². The molecule has 0 aliphatic rings. The molecule has 0 saturated carbocycles. The number of carbonyl (C=O) groups is 1. The highest BCUT2D eigenvalue weighted by Crippen LogP contribution is 2.27. The lowest BCUT2D eigenvalue weighted by Crippen LogP contribution is -2.26. The van der Waals surface area contributed by atoms with Crippen LogP contribution in [-0.2, 0) is 15.8 Å². The Labute approximate surface area is 219 Å². The minimum Gasteiger partial charge on any atom is -0.351 e. The Morgan fingerprint density at radius 3 is 2.41 bits per heavy atom. The van der Waals surface area contributed by atoms with Gasteiger partial charge in [-0.05, 0) is 66.9 Å². The van der Waals surface area contributed by atoms with Crippen molar-refractivity contribution in [2.45, 2.75) is 24.5 Å². The van der Waals surface area contributed by atoms with Crippen LogP contribution in [0.4, 0.5) is 5.69 Å². The van der Waals surface area contributed by atoms with E-state index in [-0.39, 0.29) is 21.4 Å². The van der Waals surface area contributed by atoms with E-state index in [1.54, 1.807) is 30.0 Å². The number of aryl methyl sites for hydroxylation is 1. The van der Waals surface area contributed by atoms with E-state index in [1.807, 2.05) is 32.0 Å². The first-order valence-electron chi connectivity index (χ1n) is 10.3. The summed E-state index contributed by atoms with van der Waals surface area (Å²) >= 11 is 19.8. The highest BCUT2D eigenvalue weighted by atomic mass is 35.5. The van der Waals surface area contributed by atoms with E-state index in [1.165, 1.54) is 18.2 Å². The van der Waals surface area contributed by atoms with Crippen molar-refractivity contribution in [3.63, 3.8) is 0 Å². The van der Waals surface area contributed by atoms with Crippen LogP contribution in [0.15, 0.2) is 59.5 Å². The minimum atomic E-state index is -3.99. The molecule has 3 aromatic carbocycles. The average Bonchev–Trinajstić information content (AvgIpc) is 2.79. The van der Waals surface area contributed by atoms with Crippen molar-refractivity contribution in [3.8, 4) is 0 Å². The molecule has 3 rings (SSSR count). The zero-order valence-corrected chi connectivity index (χ0v) is 22.4. The van der Waals surface area contributed by atoms with E-state index < -0.39 is 10.0 Å². The third kappa shape index (κ3) is 6.83. The molecule has 10 heteroatoms. The molecule has 3 aromatic rings. The topological polar surface area (TPSA) is 75.3 Å². The van der Waals surface area contributed by atoms with Crippen molar-refractivity contribution < 1.29 is 13.2 Å². The Kier molecular flexibility index (Phi) is 9.18. The fourth-order valence-corrected chi connectivity index (χ4v) is 5.85. The number of benzene rings is 3. The quantitative estimate of drug-likeness (QED) is 0.286. The normalized spacial score (nSPS) is 11.3. The lowest BCUT2D eigenvalue weighted by atomic mass is 10.1. The van der Waals surface area contributed by atoms with Crippen LogP contribution in [0.3, 0.4) is 0 Å². The summed E-state index contributed by atoms with van der Waals surface area (Å²) in [7, 11) is -3.99. The molecule has 0 bridgehead atoms. The first-order chi connectivity index (χ1) is 16.1. The fourth-order valence-electron chi connectivity index (χ4n) is 3.07. The van der Waals surface area contributed by atoms with E-state index in [0.29, 0.717) is 28.0 Å². The van der Waals surface area contributed by atoms with Crippen molar-refractivity contribution in [1.29, 1.82) is 0 Å². The van der Waals surface area contributed by atoms with Gasteiger partial charge in [-0.2, -0.15) is 11.8 Å². The Morgan fingerprint density at radius 1 is 0.941 bits per heavy atom. The van der Waals surface area contributed by atoms with Gasteiger partial charge in [0.2, 0.25) is 0 Å². The van der Waals surface area contributed by atoms with Gasteiger partial charge in [0.15, 0.2) is 0 Å². The third-order valence-electron chi connectivity index (χ3n) is 5.12. The smallest absolute Gasteiger partial charge is 0.263 e. The summed E-state index contributed by atoms with van der Waals surface area (Å²) < 4.78 is 28.6. The van der Waals surface area contributed by atoms with Gasteiger partial charge in [-0.1, -0.05) is 53.0 Å². The molecule has 0 aliphatic carbocycles. The number of halogens is 3. The molecule has 0 aliphatic heterocycles. The minimum absolute atomic E-state index is 0.0338. The predicted molar refractivity (Wildman–Crippen MR) is 143 cm³/mol. The first-order valence-corrected chi connectivity index (χ1v) is 14.0. The van der Waals surface area contributed by atoms with E-state index >= 15 is 0 Å². The van der Waals surface area contributed by atoms with Gasteiger partial charge in [-0.15, -0.1) is 0 Å². The number of hydrogen-bond donors (Lipinski definition) is 2. The van der Waals surface area contributed by atoms with Crippen LogP contribution in [0.5, 0.6) is 0 Å². The molecule has 180 valence electrons. The van der Waals surface area contributed by atoms with Crippen LogP contribution in [0.25, 0.3) is 0 Å². The lowest BCUT2D eigenvalue weighted by Gasteiger charge is -2.14. The number of carbonyl (C=O) groups excluding carboxylic acids is 1. The molecule has 0 fully saturated rings. The third-order valence-corrected chi connectivity index (χ3v) is 8.73. The van der Waals surface area contributed by atoms with Crippen molar-refractivity contribution in [2.75, 3.05) is 17.0 Å². The zero-order valence-electron chi connectivity index (χ0n) is 18.5. The van der Waals surface area contributed by atoms with Crippen LogP contribution in [0.2, 0.25) is 15.1 Å². The van der Waals surface area contributed by atoms with Crippen molar-refractivity contribution in [1.82, 2.24) is 5.32 Å². The monoisotopic (exact) mass is 556 g/mol. The molecule has 0 heterocycles. The average molecular weight is 558 g/mol. The van der Waals surface area contributed by atoms with Gasteiger partial charge >= 0.3 is 0 Å². The zero-order chi connectivity index (χ0) is 24.9. The number of amides is 1. The Balaban J connectivity index is 1.61. The maximum atomic E-state index is 13.0. The lowest BCUT2D eigenvalue weighted by molar-refractivity contribution is 0.0956. The number of rotatable bonds is 9. The van der Waals surface area contributed by atoms with Crippen LogP contribution in [-0.4, -0.2) is 26.6 Å². The highest BCUT2D eigenvalue weighted by molar-refractivity contribution is 7.98. The van der Waals surface area contributed by atoms with Crippen LogP contribution >= 0.6 is 46.6 Å². The number of nitrogens with one attached hydrogen (secondary N) is 2. The largest absolute Gasteiger partial charge is 0.351 e. The molecule has 0 spiro atoms. The van der Waals surface area contributed by atoms with Gasteiger partial charge in [-0.3, -0.25) is 9.52 Å². The molecule has 1 amide bonds. The van der Waals surface area contributed by atoms with Gasteiger partial charge in [0, 0.05) is 23.6 Å². The standard InChI is InChI=1S/C24H23Cl3N2O3S2/c1-15-4-3-5-22(16(15)2)29-34(31,32)23-13-18(7-9-20(23)26)24(30)28-10-11-33-14-17-6-8-19(25)21(27)12-17/h3-9,12-13,29H,10-11,14H2,1-2H3,(H,28,30). The number of thioether (sulfide) groups is 1. The van der Waals surface area contributed by atoms with Crippen molar-refractivity contribution in [2.24, 2.45) is 0 Å². The van der Waals surface area contributed by atoms with Gasteiger partial charge in [0.1, 0.15) is 4.90 Å². The summed E-state index contributed by atoms with van der Waals surface area (Å²) in [5.74, 6) is 1.01. The van der Waals surface area contributed by atoms with Crippen LogP contribution in [0.1, 0.15) is 27.0 Å². The summed E-state index contributed by atoms with van der Waals surface area (Å²) in [5.41, 5.74) is 3.48. The summed E-state index contributed by atoms with van der Waals surface area (Å²) in [6.45, 7) is 4.14. The van der Waals surface area contributed by atoms with Gasteiger partial charge in [0.05, 0.1) is 20.8 Å². The van der Waals surface area contributed by atoms with E-state index in [4.69, 9.17) is 34.8 Å². The molecule has 34 heavy (non-hydrogen) atoms. The van der Waals surface area contributed by atoms with Crippen LogP contribution in [0, 0.1) is 13.8 Å². The van der Waals surface area contributed by atoms with E-state index in [0.717, 1.165) is 22.4 Å². The summed E-state index contributed by atoms with van der Waals surface area (Å²) in [4.78, 5) is 12.4. The Hall–Kier alpha value is -1.90. The van der Waals surface area contributed by atoms with Crippen molar-refractivity contribution >= 4 is 68.2 Å². The SMILES string of the molecule is Cc1cccc(NS(=O)(=O)c2cc(C(=O)NCCSCc3ccc(Cl)c(Cl)c3)ccc2Cl)c1C. The summed E-state index contributed by atoms with van der Waals surface area (Å²) in [5, 5.41) is 3.86.